The zero-order valence-corrected chi connectivity index (χ0v) is 12.7. The third kappa shape index (κ3) is 5.61. The van der Waals surface area contributed by atoms with Crippen LogP contribution in [0.3, 0.4) is 0 Å². The molecule has 2 unspecified atom stereocenters. The molecule has 1 amide bonds. The molecule has 0 spiro atoms. The van der Waals surface area contributed by atoms with Crippen molar-refractivity contribution in [3.8, 4) is 5.75 Å². The smallest absolute Gasteiger partial charge is 0.260 e. The summed E-state index contributed by atoms with van der Waals surface area (Å²) in [5.74, 6) is 1.04. The molecule has 1 aromatic rings. The van der Waals surface area contributed by atoms with Gasteiger partial charge in [-0.3, -0.25) is 4.79 Å². The molecular weight excluding hydrogens is 254 g/mol. The van der Waals surface area contributed by atoms with E-state index in [1.807, 2.05) is 6.07 Å². The second-order valence-electron chi connectivity index (χ2n) is 5.48. The number of aliphatic hydroxyl groups is 1. The number of aliphatic hydroxyl groups excluding tert-OH is 1. The first-order chi connectivity index (χ1) is 9.40. The summed E-state index contributed by atoms with van der Waals surface area (Å²) in [6.07, 6.45) is -0.143. The maximum Gasteiger partial charge on any atom is 0.260 e. The molecule has 0 heterocycles. The van der Waals surface area contributed by atoms with Gasteiger partial charge in [-0.2, -0.15) is 0 Å². The molecule has 0 aliphatic heterocycles. The Kier molecular flexibility index (Phi) is 6.52. The quantitative estimate of drug-likeness (QED) is 0.806. The third-order valence-electron chi connectivity index (χ3n) is 3.04. The Morgan fingerprint density at radius 2 is 2.00 bits per heavy atom. The Bertz CT molecular complexity index is 429. The van der Waals surface area contributed by atoms with Crippen molar-refractivity contribution in [3.63, 3.8) is 0 Å². The summed E-state index contributed by atoms with van der Waals surface area (Å²) in [5, 5.41) is 12.4. The monoisotopic (exact) mass is 279 g/mol. The highest BCUT2D eigenvalue weighted by Crippen LogP contribution is 2.19. The first-order valence-electron chi connectivity index (χ1n) is 7.12. The number of hydrogen-bond acceptors (Lipinski definition) is 3. The van der Waals surface area contributed by atoms with E-state index in [9.17, 15) is 9.90 Å². The van der Waals surface area contributed by atoms with Crippen molar-refractivity contribution in [3.05, 3.63) is 29.8 Å². The number of hydrogen-bond donors (Lipinski definition) is 2. The van der Waals surface area contributed by atoms with Crippen molar-refractivity contribution in [2.75, 3.05) is 6.54 Å². The Morgan fingerprint density at radius 3 is 2.60 bits per heavy atom. The number of carbonyl (C=O) groups is 1. The van der Waals surface area contributed by atoms with Gasteiger partial charge in [-0.05, 0) is 43.9 Å². The number of nitrogens with one attached hydrogen (secondary N) is 1. The molecule has 2 atom stereocenters. The maximum atomic E-state index is 11.9. The topological polar surface area (TPSA) is 58.6 Å². The van der Waals surface area contributed by atoms with Crippen LogP contribution in [0.5, 0.6) is 5.75 Å². The largest absolute Gasteiger partial charge is 0.481 e. The van der Waals surface area contributed by atoms with Gasteiger partial charge in [-0.25, -0.2) is 0 Å². The zero-order chi connectivity index (χ0) is 15.1. The molecule has 0 radical (unpaired) electrons. The van der Waals surface area contributed by atoms with E-state index in [2.05, 4.69) is 19.2 Å². The van der Waals surface area contributed by atoms with E-state index in [0.29, 0.717) is 18.2 Å². The van der Waals surface area contributed by atoms with E-state index >= 15 is 0 Å². The molecule has 2 N–H and O–H groups in total. The number of carbonyl (C=O) groups excluding carboxylic acids is 1. The zero-order valence-electron chi connectivity index (χ0n) is 12.7. The normalized spacial score (nSPS) is 13.9. The molecule has 20 heavy (non-hydrogen) atoms. The second-order valence-corrected chi connectivity index (χ2v) is 5.48. The van der Waals surface area contributed by atoms with Crippen LogP contribution in [0.25, 0.3) is 0 Å². The summed E-state index contributed by atoms with van der Waals surface area (Å²) in [7, 11) is 0. The molecule has 0 saturated heterocycles. The highest BCUT2D eigenvalue weighted by Gasteiger charge is 2.14. The number of amides is 1. The Balaban J connectivity index is 2.50. The van der Waals surface area contributed by atoms with Gasteiger partial charge in [-0.1, -0.05) is 26.0 Å². The first kappa shape index (κ1) is 16.5. The molecule has 1 rings (SSSR count). The number of rotatable bonds is 7. The van der Waals surface area contributed by atoms with Crippen LogP contribution >= 0.6 is 0 Å². The van der Waals surface area contributed by atoms with Crippen molar-refractivity contribution in [1.82, 2.24) is 5.32 Å². The van der Waals surface area contributed by atoms with Gasteiger partial charge < -0.3 is 15.2 Å². The Labute approximate surface area is 121 Å². The van der Waals surface area contributed by atoms with Gasteiger partial charge in [0.25, 0.3) is 5.91 Å². The molecule has 4 nitrogen and oxygen atoms in total. The molecule has 0 aromatic heterocycles. The summed E-state index contributed by atoms with van der Waals surface area (Å²) in [6.45, 7) is 8.32. The fourth-order valence-electron chi connectivity index (χ4n) is 1.73. The summed E-state index contributed by atoms with van der Waals surface area (Å²) < 4.78 is 5.60. The van der Waals surface area contributed by atoms with Gasteiger partial charge in [-0.15, -0.1) is 0 Å². The van der Waals surface area contributed by atoms with Crippen LogP contribution in [-0.4, -0.2) is 23.7 Å². The lowest BCUT2D eigenvalue weighted by molar-refractivity contribution is -0.127. The summed E-state index contributed by atoms with van der Waals surface area (Å²) in [4.78, 5) is 11.9. The minimum atomic E-state index is -0.550. The van der Waals surface area contributed by atoms with Crippen molar-refractivity contribution in [1.29, 1.82) is 0 Å². The van der Waals surface area contributed by atoms with Gasteiger partial charge in [0.15, 0.2) is 6.10 Å². The summed E-state index contributed by atoms with van der Waals surface area (Å²) in [6, 6.07) is 7.16. The number of benzene rings is 1. The minimum Gasteiger partial charge on any atom is -0.481 e. The minimum absolute atomic E-state index is 0.117. The Hall–Kier alpha value is -1.55. The molecule has 112 valence electrons. The molecule has 0 aliphatic rings. The second kappa shape index (κ2) is 7.90. The van der Waals surface area contributed by atoms with Crippen molar-refractivity contribution < 1.29 is 14.6 Å². The lowest BCUT2D eigenvalue weighted by atomic mass is 10.1. The predicted octanol–water partition coefficient (Wildman–Crippen LogP) is 2.67. The van der Waals surface area contributed by atoms with Crippen molar-refractivity contribution in [2.45, 2.75) is 46.3 Å². The first-order valence-corrected chi connectivity index (χ1v) is 7.12. The van der Waals surface area contributed by atoms with Crippen molar-refractivity contribution >= 4 is 5.91 Å². The van der Waals surface area contributed by atoms with Crippen LogP contribution in [0.4, 0.5) is 0 Å². The molecule has 0 bridgehead atoms. The van der Waals surface area contributed by atoms with Crippen LogP contribution < -0.4 is 10.1 Å². The van der Waals surface area contributed by atoms with Gasteiger partial charge in [0.1, 0.15) is 5.75 Å². The Morgan fingerprint density at radius 1 is 1.30 bits per heavy atom. The van der Waals surface area contributed by atoms with Crippen LogP contribution in [0, 0.1) is 5.92 Å². The SMILES string of the molecule is CC(C)CCNC(=O)C(C)Oc1cccc(C(C)O)c1. The van der Waals surface area contributed by atoms with E-state index in [1.54, 1.807) is 32.0 Å². The van der Waals surface area contributed by atoms with Gasteiger partial charge in [0.2, 0.25) is 0 Å². The fraction of sp³-hybridized carbons (Fsp3) is 0.562. The standard InChI is InChI=1S/C16H25NO3/c1-11(2)8-9-17-16(19)13(4)20-15-7-5-6-14(10-15)12(3)18/h5-7,10-13,18H,8-9H2,1-4H3,(H,17,19). The van der Waals surface area contributed by atoms with Crippen molar-refractivity contribution in [2.24, 2.45) is 5.92 Å². The fourth-order valence-corrected chi connectivity index (χ4v) is 1.73. The highest BCUT2D eigenvalue weighted by atomic mass is 16.5. The van der Waals surface area contributed by atoms with Crippen LogP contribution in [0.15, 0.2) is 24.3 Å². The molecule has 0 saturated carbocycles. The van der Waals surface area contributed by atoms with Crippen LogP contribution in [0.2, 0.25) is 0 Å². The molecule has 4 heteroatoms. The molecular formula is C16H25NO3. The average Bonchev–Trinajstić information content (AvgIpc) is 2.38. The van der Waals surface area contributed by atoms with Gasteiger partial charge in [0, 0.05) is 6.54 Å². The highest BCUT2D eigenvalue weighted by molar-refractivity contribution is 5.80. The van der Waals surface area contributed by atoms with Crippen LogP contribution in [0.1, 0.15) is 45.8 Å². The predicted molar refractivity (Wildman–Crippen MR) is 79.6 cm³/mol. The maximum absolute atomic E-state index is 11.9. The third-order valence-corrected chi connectivity index (χ3v) is 3.04. The van der Waals surface area contributed by atoms with E-state index < -0.39 is 12.2 Å². The molecule has 0 fully saturated rings. The molecule has 0 aliphatic carbocycles. The summed E-state index contributed by atoms with van der Waals surface area (Å²) in [5.41, 5.74) is 0.773. The van der Waals surface area contributed by atoms with E-state index in [-0.39, 0.29) is 5.91 Å². The lowest BCUT2D eigenvalue weighted by Gasteiger charge is -2.16. The van der Waals surface area contributed by atoms with Gasteiger partial charge in [0.05, 0.1) is 6.10 Å². The van der Waals surface area contributed by atoms with Gasteiger partial charge >= 0.3 is 0 Å². The van der Waals surface area contributed by atoms with E-state index in [0.717, 1.165) is 12.0 Å². The molecule has 1 aromatic carbocycles. The van der Waals surface area contributed by atoms with Crippen LogP contribution in [-0.2, 0) is 4.79 Å². The van der Waals surface area contributed by atoms with E-state index in [4.69, 9.17) is 4.74 Å². The van der Waals surface area contributed by atoms with E-state index in [1.165, 1.54) is 0 Å². The summed E-state index contributed by atoms with van der Waals surface area (Å²) >= 11 is 0. The number of ether oxygens (including phenoxy) is 1. The average molecular weight is 279 g/mol. The lowest BCUT2D eigenvalue weighted by Crippen LogP contribution is -2.37.